The SMILES string of the molecule is NNC(CCc1cccnc1)Cc1cncs1. The highest BCUT2D eigenvalue weighted by molar-refractivity contribution is 7.09. The van der Waals surface area contributed by atoms with Crippen molar-refractivity contribution in [1.29, 1.82) is 0 Å². The van der Waals surface area contributed by atoms with Crippen molar-refractivity contribution in [1.82, 2.24) is 15.4 Å². The van der Waals surface area contributed by atoms with Crippen molar-refractivity contribution in [2.24, 2.45) is 5.84 Å². The van der Waals surface area contributed by atoms with Crippen LogP contribution in [0.4, 0.5) is 0 Å². The first kappa shape index (κ1) is 12.2. The molecule has 2 aromatic heterocycles. The molecular formula is C12H16N4S. The Bertz CT molecular complexity index is 415. The Morgan fingerprint density at radius 2 is 2.29 bits per heavy atom. The minimum Gasteiger partial charge on any atom is -0.271 e. The second-order valence-corrected chi connectivity index (χ2v) is 4.91. The Morgan fingerprint density at radius 3 is 2.94 bits per heavy atom. The number of thiazole rings is 1. The largest absolute Gasteiger partial charge is 0.271 e. The van der Waals surface area contributed by atoms with E-state index in [1.54, 1.807) is 17.5 Å². The lowest BCUT2D eigenvalue weighted by Gasteiger charge is -2.14. The number of aryl methyl sites for hydroxylation is 1. The van der Waals surface area contributed by atoms with E-state index in [0.29, 0.717) is 0 Å². The highest BCUT2D eigenvalue weighted by Crippen LogP contribution is 2.12. The summed E-state index contributed by atoms with van der Waals surface area (Å²) in [5.41, 5.74) is 5.97. The molecule has 90 valence electrons. The third-order valence-electron chi connectivity index (χ3n) is 2.67. The monoisotopic (exact) mass is 248 g/mol. The fraction of sp³-hybridized carbons (Fsp3) is 0.333. The van der Waals surface area contributed by atoms with Crippen LogP contribution in [0.1, 0.15) is 16.9 Å². The zero-order valence-electron chi connectivity index (χ0n) is 9.54. The van der Waals surface area contributed by atoms with Crippen LogP contribution >= 0.6 is 11.3 Å². The van der Waals surface area contributed by atoms with E-state index in [4.69, 9.17) is 5.84 Å². The van der Waals surface area contributed by atoms with Gasteiger partial charge in [0.2, 0.25) is 0 Å². The van der Waals surface area contributed by atoms with E-state index in [1.165, 1.54) is 10.4 Å². The van der Waals surface area contributed by atoms with Gasteiger partial charge in [0.15, 0.2) is 0 Å². The summed E-state index contributed by atoms with van der Waals surface area (Å²) in [7, 11) is 0. The van der Waals surface area contributed by atoms with E-state index in [0.717, 1.165) is 19.3 Å². The molecule has 1 unspecified atom stereocenters. The maximum absolute atomic E-state index is 5.57. The number of pyridine rings is 1. The molecule has 0 bridgehead atoms. The van der Waals surface area contributed by atoms with Gasteiger partial charge in [-0.15, -0.1) is 11.3 Å². The van der Waals surface area contributed by atoms with Gasteiger partial charge in [0.1, 0.15) is 0 Å². The molecule has 0 aliphatic rings. The molecule has 0 spiro atoms. The van der Waals surface area contributed by atoms with Gasteiger partial charge in [-0.2, -0.15) is 0 Å². The maximum Gasteiger partial charge on any atom is 0.0794 e. The topological polar surface area (TPSA) is 63.8 Å². The lowest BCUT2D eigenvalue weighted by molar-refractivity contribution is 0.493. The molecule has 3 N–H and O–H groups in total. The minimum absolute atomic E-state index is 0.288. The summed E-state index contributed by atoms with van der Waals surface area (Å²) in [5, 5.41) is 0. The van der Waals surface area contributed by atoms with Crippen molar-refractivity contribution >= 4 is 11.3 Å². The van der Waals surface area contributed by atoms with Crippen LogP contribution in [-0.4, -0.2) is 16.0 Å². The number of nitrogens with one attached hydrogen (secondary N) is 1. The fourth-order valence-corrected chi connectivity index (χ4v) is 2.39. The van der Waals surface area contributed by atoms with Gasteiger partial charge in [-0.1, -0.05) is 6.07 Å². The molecule has 0 saturated carbocycles. The van der Waals surface area contributed by atoms with Crippen molar-refractivity contribution in [3.05, 3.63) is 46.7 Å². The number of rotatable bonds is 6. The first-order valence-corrected chi connectivity index (χ1v) is 6.49. The Labute approximate surface area is 105 Å². The molecule has 4 nitrogen and oxygen atoms in total. The molecule has 0 aliphatic carbocycles. The summed E-state index contributed by atoms with van der Waals surface area (Å²) < 4.78 is 0. The van der Waals surface area contributed by atoms with Gasteiger partial charge < -0.3 is 0 Å². The predicted octanol–water partition coefficient (Wildman–Crippen LogP) is 1.55. The zero-order valence-corrected chi connectivity index (χ0v) is 10.4. The summed E-state index contributed by atoms with van der Waals surface area (Å²) in [5.74, 6) is 5.57. The number of hydrogen-bond donors (Lipinski definition) is 2. The Hall–Kier alpha value is -1.30. The van der Waals surface area contributed by atoms with Gasteiger partial charge in [-0.3, -0.25) is 21.2 Å². The van der Waals surface area contributed by atoms with E-state index in [2.05, 4.69) is 21.5 Å². The van der Waals surface area contributed by atoms with Crippen molar-refractivity contribution < 1.29 is 0 Å². The molecule has 0 aliphatic heterocycles. The number of hydrogen-bond acceptors (Lipinski definition) is 5. The predicted molar refractivity (Wildman–Crippen MR) is 69.5 cm³/mol. The second kappa shape index (κ2) is 6.44. The highest BCUT2D eigenvalue weighted by atomic mass is 32.1. The van der Waals surface area contributed by atoms with Crippen LogP contribution in [0.2, 0.25) is 0 Å². The summed E-state index contributed by atoms with van der Waals surface area (Å²) in [6, 6.07) is 4.34. The van der Waals surface area contributed by atoms with Gasteiger partial charge in [-0.05, 0) is 24.5 Å². The lowest BCUT2D eigenvalue weighted by Crippen LogP contribution is -2.37. The smallest absolute Gasteiger partial charge is 0.0794 e. The molecule has 2 aromatic rings. The molecule has 2 heterocycles. The molecule has 2 rings (SSSR count). The van der Waals surface area contributed by atoms with Crippen molar-refractivity contribution in [2.45, 2.75) is 25.3 Å². The van der Waals surface area contributed by atoms with E-state index < -0.39 is 0 Å². The van der Waals surface area contributed by atoms with Gasteiger partial charge in [-0.25, -0.2) is 0 Å². The quantitative estimate of drug-likeness (QED) is 0.601. The number of nitrogens with zero attached hydrogens (tertiary/aromatic N) is 2. The van der Waals surface area contributed by atoms with E-state index in [9.17, 15) is 0 Å². The van der Waals surface area contributed by atoms with E-state index in [1.807, 2.05) is 24.0 Å². The molecule has 1 atom stereocenters. The standard InChI is InChI=1S/C12H16N4S/c13-16-11(6-12-8-15-9-17-12)4-3-10-2-1-5-14-7-10/h1-2,5,7-9,11,16H,3-4,6,13H2. The average Bonchev–Trinajstić information content (AvgIpc) is 2.88. The van der Waals surface area contributed by atoms with Crippen molar-refractivity contribution in [3.63, 3.8) is 0 Å². The molecular weight excluding hydrogens is 232 g/mol. The normalized spacial score (nSPS) is 12.5. The summed E-state index contributed by atoms with van der Waals surface area (Å²) in [4.78, 5) is 9.44. The molecule has 0 fully saturated rings. The van der Waals surface area contributed by atoms with Crippen LogP contribution in [0.5, 0.6) is 0 Å². The Balaban J connectivity index is 1.84. The first-order valence-electron chi connectivity index (χ1n) is 5.61. The van der Waals surface area contributed by atoms with Crippen molar-refractivity contribution in [3.8, 4) is 0 Å². The van der Waals surface area contributed by atoms with Gasteiger partial charge in [0, 0.05) is 35.9 Å². The summed E-state index contributed by atoms with van der Waals surface area (Å²) in [6.45, 7) is 0. The number of aromatic nitrogens is 2. The average molecular weight is 248 g/mol. The van der Waals surface area contributed by atoms with Crippen LogP contribution in [0.3, 0.4) is 0 Å². The van der Waals surface area contributed by atoms with Crippen molar-refractivity contribution in [2.75, 3.05) is 0 Å². The molecule has 0 amide bonds. The lowest BCUT2D eigenvalue weighted by atomic mass is 10.0. The molecule has 5 heteroatoms. The second-order valence-electron chi connectivity index (χ2n) is 3.94. The Kier molecular flexibility index (Phi) is 4.61. The van der Waals surface area contributed by atoms with Crippen LogP contribution < -0.4 is 11.3 Å². The molecule has 0 saturated heterocycles. The zero-order chi connectivity index (χ0) is 11.9. The third-order valence-corrected chi connectivity index (χ3v) is 3.47. The third kappa shape index (κ3) is 3.89. The van der Waals surface area contributed by atoms with Crippen LogP contribution in [0.25, 0.3) is 0 Å². The minimum atomic E-state index is 0.288. The highest BCUT2D eigenvalue weighted by Gasteiger charge is 2.09. The van der Waals surface area contributed by atoms with E-state index >= 15 is 0 Å². The van der Waals surface area contributed by atoms with Crippen LogP contribution in [0.15, 0.2) is 36.2 Å². The molecule has 0 aromatic carbocycles. The van der Waals surface area contributed by atoms with Gasteiger partial charge in [0.25, 0.3) is 0 Å². The first-order chi connectivity index (χ1) is 8.38. The maximum atomic E-state index is 5.57. The number of hydrazine groups is 1. The van der Waals surface area contributed by atoms with Gasteiger partial charge >= 0.3 is 0 Å². The molecule has 17 heavy (non-hydrogen) atoms. The number of nitrogens with two attached hydrogens (primary N) is 1. The van der Waals surface area contributed by atoms with Crippen LogP contribution in [-0.2, 0) is 12.8 Å². The van der Waals surface area contributed by atoms with Crippen LogP contribution in [0, 0.1) is 0 Å². The Morgan fingerprint density at radius 1 is 1.35 bits per heavy atom. The summed E-state index contributed by atoms with van der Waals surface area (Å²) >= 11 is 1.67. The van der Waals surface area contributed by atoms with E-state index in [-0.39, 0.29) is 6.04 Å². The summed E-state index contributed by atoms with van der Waals surface area (Å²) in [6.07, 6.45) is 8.52. The van der Waals surface area contributed by atoms with Gasteiger partial charge in [0.05, 0.1) is 5.51 Å². The fourth-order valence-electron chi connectivity index (χ4n) is 1.72. The molecule has 0 radical (unpaired) electrons.